The molecule has 4 N–H and O–H groups in total. The molecule has 228 valence electrons. The van der Waals surface area contributed by atoms with Gasteiger partial charge in [0.15, 0.2) is 11.6 Å². The van der Waals surface area contributed by atoms with Crippen molar-refractivity contribution >= 4 is 54.7 Å². The van der Waals surface area contributed by atoms with Crippen LogP contribution in [0.3, 0.4) is 0 Å². The van der Waals surface area contributed by atoms with Crippen molar-refractivity contribution in [2.24, 2.45) is 5.73 Å². The Morgan fingerprint density at radius 1 is 1.25 bits per heavy atom. The summed E-state index contributed by atoms with van der Waals surface area (Å²) in [6.07, 6.45) is 1.76. The molecular formula is C30H27ClF3N7O2S. The maximum Gasteiger partial charge on any atom is 0.319 e. The molecule has 3 saturated heterocycles. The smallest absolute Gasteiger partial charge is 0.319 e. The highest BCUT2D eigenvalue weighted by Gasteiger charge is 2.49. The van der Waals surface area contributed by atoms with Crippen molar-refractivity contribution in [2.45, 2.75) is 49.5 Å². The topological polar surface area (TPSA) is 127 Å². The first-order chi connectivity index (χ1) is 21.2. The van der Waals surface area contributed by atoms with Crippen LogP contribution >= 0.6 is 22.9 Å². The molecule has 6 heterocycles. The monoisotopic (exact) mass is 641 g/mol. The van der Waals surface area contributed by atoms with E-state index in [-0.39, 0.29) is 84.8 Å². The van der Waals surface area contributed by atoms with Crippen LogP contribution in [0.4, 0.5) is 24.0 Å². The fraction of sp³-hybridized carbons (Fsp3) is 0.433. The second-order valence-corrected chi connectivity index (χ2v) is 13.5. The zero-order chi connectivity index (χ0) is 30.5. The van der Waals surface area contributed by atoms with E-state index >= 15 is 4.39 Å². The number of alkyl halides is 1. The molecule has 4 aliphatic rings. The number of fused-ring (bicyclic) bond motifs is 4. The number of thiophene rings is 1. The average molecular weight is 642 g/mol. The van der Waals surface area contributed by atoms with Gasteiger partial charge in [-0.25, -0.2) is 13.2 Å². The largest absolute Gasteiger partial charge is 0.489 e. The molecule has 0 saturated carbocycles. The number of aromatic nitrogens is 2. The van der Waals surface area contributed by atoms with E-state index in [4.69, 9.17) is 37.5 Å². The lowest BCUT2D eigenvalue weighted by Gasteiger charge is -2.31. The number of halogens is 4. The van der Waals surface area contributed by atoms with Gasteiger partial charge in [0.1, 0.15) is 47.6 Å². The number of nitriles is 1. The molecule has 14 heteroatoms. The van der Waals surface area contributed by atoms with Gasteiger partial charge in [-0.1, -0.05) is 17.7 Å². The van der Waals surface area contributed by atoms with Crippen LogP contribution in [0.2, 0.25) is 5.02 Å². The summed E-state index contributed by atoms with van der Waals surface area (Å²) >= 11 is 7.86. The number of nitrogens with two attached hydrogens (primary N) is 2. The molecule has 0 radical (unpaired) electrons. The highest BCUT2D eigenvalue weighted by Crippen LogP contribution is 2.51. The van der Waals surface area contributed by atoms with Crippen LogP contribution < -0.4 is 25.8 Å². The van der Waals surface area contributed by atoms with Gasteiger partial charge in [-0.05, 0) is 37.4 Å². The lowest BCUT2D eigenvalue weighted by Crippen LogP contribution is -2.43. The fourth-order valence-electron chi connectivity index (χ4n) is 7.59. The molecule has 9 nitrogen and oxygen atoms in total. The van der Waals surface area contributed by atoms with Crippen LogP contribution in [0, 0.1) is 23.0 Å². The molecular weight excluding hydrogens is 615 g/mol. The standard InChI is InChI=1S/C30H27ClF3N7O2S/c31-22-20(16-2-3-18(33)26-19(16)17(8-35)27(37)44-26)23(34)24-21-25(22)42-11-15-6-14(36)10-41(15)28(21)39-29(38-24)43-12-30-4-1-5-40(30)9-13(32)7-30/h2-3,13-15H,1,4-7,9-12,36-37H2/t13-,14-,15+,30+/m1/s1. The van der Waals surface area contributed by atoms with Gasteiger partial charge in [0.05, 0.1) is 32.3 Å². The Hall–Kier alpha value is -3.57. The number of hydrogen-bond donors (Lipinski definition) is 2. The molecule has 4 aromatic rings. The zero-order valence-corrected chi connectivity index (χ0v) is 25.0. The van der Waals surface area contributed by atoms with Gasteiger partial charge in [-0.2, -0.15) is 15.2 Å². The van der Waals surface area contributed by atoms with Gasteiger partial charge in [-0.3, -0.25) is 4.90 Å². The Morgan fingerprint density at radius 3 is 2.91 bits per heavy atom. The summed E-state index contributed by atoms with van der Waals surface area (Å²) in [6.45, 7) is 1.98. The van der Waals surface area contributed by atoms with Crippen molar-refractivity contribution in [1.29, 1.82) is 5.26 Å². The summed E-state index contributed by atoms with van der Waals surface area (Å²) in [4.78, 5) is 13.4. The Kier molecular flexibility index (Phi) is 6.33. The van der Waals surface area contributed by atoms with E-state index in [1.807, 2.05) is 11.0 Å². The van der Waals surface area contributed by atoms with E-state index < -0.39 is 23.3 Å². The van der Waals surface area contributed by atoms with Crippen molar-refractivity contribution in [1.82, 2.24) is 14.9 Å². The number of benzene rings is 2. The van der Waals surface area contributed by atoms with Crippen LogP contribution in [0.15, 0.2) is 12.1 Å². The van der Waals surface area contributed by atoms with E-state index in [0.717, 1.165) is 30.7 Å². The van der Waals surface area contributed by atoms with Crippen molar-refractivity contribution in [3.63, 3.8) is 0 Å². The molecule has 8 rings (SSSR count). The number of nitrogens with zero attached hydrogens (tertiary/aromatic N) is 5. The predicted molar refractivity (Wildman–Crippen MR) is 162 cm³/mol. The third kappa shape index (κ3) is 3.97. The SMILES string of the molecule is N#Cc1c(N)sc2c(F)ccc(-c3c(Cl)c4c5c(nc(OC[C@@]67CCCN6C[C@H](F)C7)nc5c3F)N3C[C@H](N)C[C@H]3CO4)c12. The fourth-order valence-corrected chi connectivity index (χ4v) is 8.87. The average Bonchev–Trinajstić information content (AvgIpc) is 3.71. The van der Waals surface area contributed by atoms with E-state index in [1.165, 1.54) is 12.1 Å². The molecule has 0 bridgehead atoms. The maximum atomic E-state index is 17.0. The van der Waals surface area contributed by atoms with Gasteiger partial charge in [-0.15, -0.1) is 11.3 Å². The summed E-state index contributed by atoms with van der Waals surface area (Å²) in [5.74, 6) is -0.827. The Labute approximate surface area is 259 Å². The van der Waals surface area contributed by atoms with Crippen LogP contribution in [0.1, 0.15) is 31.2 Å². The van der Waals surface area contributed by atoms with E-state index in [0.29, 0.717) is 31.7 Å². The van der Waals surface area contributed by atoms with E-state index in [9.17, 15) is 14.0 Å². The summed E-state index contributed by atoms with van der Waals surface area (Å²) in [5.41, 5.74) is 11.9. The van der Waals surface area contributed by atoms with Crippen LogP contribution in [0.5, 0.6) is 11.8 Å². The van der Waals surface area contributed by atoms with Crippen molar-refractivity contribution in [2.75, 3.05) is 43.5 Å². The second-order valence-electron chi connectivity index (χ2n) is 12.1. The minimum absolute atomic E-state index is 0.0342. The summed E-state index contributed by atoms with van der Waals surface area (Å²) < 4.78 is 58.8. The van der Waals surface area contributed by atoms with Gasteiger partial charge < -0.3 is 25.8 Å². The van der Waals surface area contributed by atoms with Gasteiger partial charge >= 0.3 is 6.01 Å². The lowest BCUT2D eigenvalue weighted by atomic mass is 9.95. The Bertz CT molecular complexity index is 1920. The molecule has 44 heavy (non-hydrogen) atoms. The molecule has 4 aliphatic heterocycles. The highest BCUT2D eigenvalue weighted by molar-refractivity contribution is 7.23. The minimum atomic E-state index is -0.938. The Balaban J connectivity index is 1.35. The molecule has 3 fully saturated rings. The number of hydrogen-bond acceptors (Lipinski definition) is 10. The van der Waals surface area contributed by atoms with Gasteiger partial charge in [0.2, 0.25) is 0 Å². The Morgan fingerprint density at radius 2 is 2.09 bits per heavy atom. The first-order valence-electron chi connectivity index (χ1n) is 14.5. The minimum Gasteiger partial charge on any atom is -0.489 e. The summed E-state index contributed by atoms with van der Waals surface area (Å²) in [7, 11) is 0. The normalized spacial score (nSPS) is 26.1. The van der Waals surface area contributed by atoms with Crippen molar-refractivity contribution in [3.05, 3.63) is 34.4 Å². The quantitative estimate of drug-likeness (QED) is 0.311. The molecule has 0 aliphatic carbocycles. The van der Waals surface area contributed by atoms with Crippen LogP contribution in [-0.2, 0) is 0 Å². The predicted octanol–water partition coefficient (Wildman–Crippen LogP) is 5.15. The van der Waals surface area contributed by atoms with Crippen molar-refractivity contribution in [3.8, 4) is 29.0 Å². The first kappa shape index (κ1) is 27.9. The number of nitrogen functional groups attached to an aromatic ring is 1. The molecule has 0 amide bonds. The molecule has 4 atom stereocenters. The van der Waals surface area contributed by atoms with Crippen LogP contribution in [0.25, 0.3) is 32.1 Å². The van der Waals surface area contributed by atoms with Gasteiger partial charge in [0, 0.05) is 36.5 Å². The lowest BCUT2D eigenvalue weighted by molar-refractivity contribution is 0.107. The molecule has 2 aromatic heterocycles. The number of anilines is 2. The third-order valence-corrected chi connectivity index (χ3v) is 10.9. The molecule has 0 unspecified atom stereocenters. The van der Waals surface area contributed by atoms with E-state index in [2.05, 4.69) is 9.88 Å². The van der Waals surface area contributed by atoms with Crippen LogP contribution in [-0.4, -0.2) is 71.5 Å². The zero-order valence-electron chi connectivity index (χ0n) is 23.4. The number of rotatable bonds is 4. The summed E-state index contributed by atoms with van der Waals surface area (Å²) in [6, 6.07) is 4.23. The second kappa shape index (κ2) is 9.97. The molecule has 0 spiro atoms. The van der Waals surface area contributed by atoms with E-state index in [1.54, 1.807) is 0 Å². The van der Waals surface area contributed by atoms with Crippen molar-refractivity contribution < 1.29 is 22.6 Å². The maximum absolute atomic E-state index is 17.0. The third-order valence-electron chi connectivity index (χ3n) is 9.51. The highest BCUT2D eigenvalue weighted by atomic mass is 35.5. The first-order valence-corrected chi connectivity index (χ1v) is 15.7. The van der Waals surface area contributed by atoms with Gasteiger partial charge in [0.25, 0.3) is 0 Å². The summed E-state index contributed by atoms with van der Waals surface area (Å²) in [5, 5.41) is 10.4. The number of ether oxygens (including phenoxy) is 2. The molecule has 2 aromatic carbocycles.